The number of methoxy groups -OCH3 is 1. The average Bonchev–Trinajstić information content (AvgIpc) is 3.22. The number of benzene rings is 3. The lowest BCUT2D eigenvalue weighted by atomic mass is 9.94. The Kier molecular flexibility index (Phi) is 6.16. The molecule has 2 N–H and O–H groups in total. The minimum Gasteiger partial charge on any atom is -0.497 e. The quantitative estimate of drug-likeness (QED) is 0.351. The lowest BCUT2D eigenvalue weighted by molar-refractivity contribution is 0.269. The monoisotopic (exact) mass is 462 g/mol. The summed E-state index contributed by atoms with van der Waals surface area (Å²) in [4.78, 5) is 3.63. The van der Waals surface area contributed by atoms with E-state index in [2.05, 4.69) is 34.6 Å². The van der Waals surface area contributed by atoms with Crippen molar-refractivity contribution in [3.63, 3.8) is 0 Å². The van der Waals surface area contributed by atoms with Crippen molar-refractivity contribution in [1.82, 2.24) is 10.3 Å². The van der Waals surface area contributed by atoms with Crippen molar-refractivity contribution in [3.8, 4) is 17.2 Å². The second kappa shape index (κ2) is 9.38. The minimum atomic E-state index is 0.0453. The van der Waals surface area contributed by atoms with E-state index >= 15 is 0 Å². The van der Waals surface area contributed by atoms with Crippen molar-refractivity contribution < 1.29 is 14.2 Å². The van der Waals surface area contributed by atoms with Gasteiger partial charge in [0.15, 0.2) is 11.5 Å². The Morgan fingerprint density at radius 1 is 1.00 bits per heavy atom. The Bertz CT molecular complexity index is 1280. The largest absolute Gasteiger partial charge is 0.497 e. The highest BCUT2D eigenvalue weighted by molar-refractivity contribution is 6.31. The van der Waals surface area contributed by atoms with Crippen molar-refractivity contribution in [2.45, 2.75) is 26.0 Å². The van der Waals surface area contributed by atoms with Crippen molar-refractivity contribution in [2.24, 2.45) is 0 Å². The van der Waals surface area contributed by atoms with Gasteiger partial charge in [0.1, 0.15) is 12.4 Å². The Hall–Kier alpha value is -3.15. The molecule has 33 heavy (non-hydrogen) atoms. The molecule has 5 nitrogen and oxygen atoms in total. The molecule has 1 aliphatic rings. The maximum absolute atomic E-state index is 6.29. The fourth-order valence-electron chi connectivity index (χ4n) is 4.48. The van der Waals surface area contributed by atoms with Crippen LogP contribution in [0.15, 0.2) is 60.7 Å². The van der Waals surface area contributed by atoms with Crippen molar-refractivity contribution in [2.75, 3.05) is 20.3 Å². The number of rotatable bonds is 7. The van der Waals surface area contributed by atoms with E-state index in [1.54, 1.807) is 7.11 Å². The van der Waals surface area contributed by atoms with Crippen LogP contribution in [0, 0.1) is 0 Å². The number of ether oxygens (including phenoxy) is 3. The predicted octanol–water partition coefficient (Wildman–Crippen LogP) is 6.04. The highest BCUT2D eigenvalue weighted by atomic mass is 35.5. The van der Waals surface area contributed by atoms with E-state index in [1.807, 2.05) is 43.3 Å². The molecule has 2 heterocycles. The first-order chi connectivity index (χ1) is 16.2. The Morgan fingerprint density at radius 3 is 2.70 bits per heavy atom. The standard InChI is InChI=1S/C27H27ClN2O3/c1-3-32-25-14-17(8-11-24(25)33-16-18-6-4-5-7-22(18)28)26-27-20(12-13-29-26)21-15-19(31-2)9-10-23(21)30-27/h4-11,14-15,26,29-30H,3,12-13,16H2,1-2H3. The number of H-pyrrole nitrogens is 1. The molecule has 0 saturated carbocycles. The fourth-order valence-corrected chi connectivity index (χ4v) is 4.67. The second-order valence-electron chi connectivity index (χ2n) is 8.09. The summed E-state index contributed by atoms with van der Waals surface area (Å²) in [5.74, 6) is 2.31. The second-order valence-corrected chi connectivity index (χ2v) is 8.49. The summed E-state index contributed by atoms with van der Waals surface area (Å²) in [5, 5.41) is 5.58. The number of hydrogen-bond donors (Lipinski definition) is 2. The Morgan fingerprint density at radius 2 is 1.88 bits per heavy atom. The van der Waals surface area contributed by atoms with Gasteiger partial charge in [-0.15, -0.1) is 0 Å². The van der Waals surface area contributed by atoms with E-state index < -0.39 is 0 Å². The first-order valence-corrected chi connectivity index (χ1v) is 11.6. The zero-order chi connectivity index (χ0) is 22.8. The highest BCUT2D eigenvalue weighted by Gasteiger charge is 2.26. The van der Waals surface area contributed by atoms with E-state index in [0.717, 1.165) is 41.1 Å². The predicted molar refractivity (Wildman–Crippen MR) is 132 cm³/mol. The van der Waals surface area contributed by atoms with Crippen molar-refractivity contribution in [3.05, 3.63) is 88.1 Å². The normalized spacial score (nSPS) is 15.3. The molecule has 0 aliphatic carbocycles. The molecule has 1 aliphatic heterocycles. The smallest absolute Gasteiger partial charge is 0.161 e. The summed E-state index contributed by atoms with van der Waals surface area (Å²) in [5.41, 5.74) is 5.72. The third kappa shape index (κ3) is 4.26. The van der Waals surface area contributed by atoms with Crippen LogP contribution >= 0.6 is 11.6 Å². The topological polar surface area (TPSA) is 55.5 Å². The first-order valence-electron chi connectivity index (χ1n) is 11.2. The number of aromatic nitrogens is 1. The van der Waals surface area contributed by atoms with Crippen molar-refractivity contribution >= 4 is 22.5 Å². The molecule has 0 fully saturated rings. The summed E-state index contributed by atoms with van der Waals surface area (Å²) >= 11 is 6.29. The number of aromatic amines is 1. The maximum Gasteiger partial charge on any atom is 0.161 e. The minimum absolute atomic E-state index is 0.0453. The summed E-state index contributed by atoms with van der Waals surface area (Å²) in [6.45, 7) is 3.82. The molecule has 0 radical (unpaired) electrons. The van der Waals surface area contributed by atoms with Gasteiger partial charge in [0, 0.05) is 33.7 Å². The molecule has 3 aromatic carbocycles. The fraction of sp³-hybridized carbons (Fsp3) is 0.259. The van der Waals surface area contributed by atoms with E-state index in [-0.39, 0.29) is 6.04 Å². The molecule has 0 bridgehead atoms. The number of fused-ring (bicyclic) bond motifs is 3. The Balaban J connectivity index is 1.46. The molecule has 4 aromatic rings. The van der Waals surface area contributed by atoms with Gasteiger partial charge in [-0.25, -0.2) is 0 Å². The molecule has 0 spiro atoms. The lowest BCUT2D eigenvalue weighted by Gasteiger charge is -2.25. The van der Waals surface area contributed by atoms with Crippen molar-refractivity contribution in [1.29, 1.82) is 0 Å². The van der Waals surface area contributed by atoms with Gasteiger partial charge >= 0.3 is 0 Å². The molecule has 170 valence electrons. The summed E-state index contributed by atoms with van der Waals surface area (Å²) < 4.78 is 17.5. The number of halogens is 1. The zero-order valence-corrected chi connectivity index (χ0v) is 19.5. The van der Waals surface area contributed by atoms with Crippen LogP contribution in [0.5, 0.6) is 17.2 Å². The van der Waals surface area contributed by atoms with Crippen LogP contribution in [0.2, 0.25) is 5.02 Å². The van der Waals surface area contributed by atoms with E-state index in [0.29, 0.717) is 24.0 Å². The molecular formula is C27H27ClN2O3. The average molecular weight is 463 g/mol. The first kappa shape index (κ1) is 21.7. The lowest BCUT2D eigenvalue weighted by Crippen LogP contribution is -2.30. The highest BCUT2D eigenvalue weighted by Crippen LogP contribution is 2.38. The van der Waals surface area contributed by atoms with Crippen LogP contribution in [0.3, 0.4) is 0 Å². The maximum atomic E-state index is 6.29. The van der Waals surface area contributed by atoms with Gasteiger partial charge in [0.05, 0.1) is 19.8 Å². The molecular weight excluding hydrogens is 436 g/mol. The number of nitrogens with one attached hydrogen (secondary N) is 2. The van der Waals surface area contributed by atoms with Gasteiger partial charge in [-0.05, 0) is 60.9 Å². The van der Waals surface area contributed by atoms with E-state index in [4.69, 9.17) is 25.8 Å². The molecule has 0 saturated heterocycles. The van der Waals surface area contributed by atoms with Crippen LogP contribution in [0.25, 0.3) is 10.9 Å². The van der Waals surface area contributed by atoms with Crippen LogP contribution < -0.4 is 19.5 Å². The zero-order valence-electron chi connectivity index (χ0n) is 18.8. The van der Waals surface area contributed by atoms with Gasteiger partial charge < -0.3 is 24.5 Å². The van der Waals surface area contributed by atoms with Crippen LogP contribution in [-0.2, 0) is 13.0 Å². The van der Waals surface area contributed by atoms with Gasteiger partial charge in [0.25, 0.3) is 0 Å². The molecule has 0 amide bonds. The molecule has 5 rings (SSSR count). The third-order valence-electron chi connectivity index (χ3n) is 6.10. The number of hydrogen-bond acceptors (Lipinski definition) is 4. The van der Waals surface area contributed by atoms with Crippen LogP contribution in [0.4, 0.5) is 0 Å². The van der Waals surface area contributed by atoms with Crippen LogP contribution in [-0.4, -0.2) is 25.2 Å². The Labute approximate surface area is 198 Å². The molecule has 1 atom stereocenters. The molecule has 1 unspecified atom stereocenters. The summed E-state index contributed by atoms with van der Waals surface area (Å²) in [7, 11) is 1.70. The van der Waals surface area contributed by atoms with E-state index in [1.165, 1.54) is 16.6 Å². The summed E-state index contributed by atoms with van der Waals surface area (Å²) in [6.07, 6.45) is 0.969. The summed E-state index contributed by atoms with van der Waals surface area (Å²) in [6, 6.07) is 20.1. The van der Waals surface area contributed by atoms with Gasteiger partial charge in [-0.3, -0.25) is 0 Å². The van der Waals surface area contributed by atoms with Gasteiger partial charge in [-0.2, -0.15) is 0 Å². The van der Waals surface area contributed by atoms with Gasteiger partial charge in [0.2, 0.25) is 0 Å². The van der Waals surface area contributed by atoms with E-state index in [9.17, 15) is 0 Å². The van der Waals surface area contributed by atoms with Crippen LogP contribution in [0.1, 0.15) is 35.3 Å². The third-order valence-corrected chi connectivity index (χ3v) is 6.47. The molecule has 1 aromatic heterocycles. The van der Waals surface area contributed by atoms with Gasteiger partial charge in [-0.1, -0.05) is 35.9 Å². The molecule has 6 heteroatoms. The SMILES string of the molecule is CCOc1cc(C2NCCc3c2[nH]c2ccc(OC)cc32)ccc1OCc1ccccc1Cl.